The molecule has 2 rings (SSSR count). The minimum atomic E-state index is -0.543. The van der Waals surface area contributed by atoms with Crippen molar-refractivity contribution in [3.63, 3.8) is 0 Å². The lowest BCUT2D eigenvalue weighted by Gasteiger charge is -2.12. The number of aliphatic hydroxyl groups excluding tert-OH is 1. The predicted octanol–water partition coefficient (Wildman–Crippen LogP) is 1.50. The number of benzene rings is 1. The van der Waals surface area contributed by atoms with E-state index in [2.05, 4.69) is 10.3 Å². The van der Waals surface area contributed by atoms with Gasteiger partial charge in [0, 0.05) is 37.3 Å². The minimum absolute atomic E-state index is 0.503. The number of fused-ring (bicyclic) bond motifs is 1. The van der Waals surface area contributed by atoms with Gasteiger partial charge in [-0.2, -0.15) is 0 Å². The Hall–Kier alpha value is -1.49. The molecule has 96 valence electrons. The number of methoxy groups -OCH3 is 1. The van der Waals surface area contributed by atoms with Gasteiger partial charge in [0.2, 0.25) is 0 Å². The second-order valence-electron chi connectivity index (χ2n) is 4.17. The van der Waals surface area contributed by atoms with Gasteiger partial charge in [0.05, 0.1) is 18.2 Å². The third-order valence-corrected chi connectivity index (χ3v) is 2.82. The molecule has 1 atom stereocenters. The molecule has 4 heteroatoms. The Morgan fingerprint density at radius 3 is 3.06 bits per heavy atom. The maximum absolute atomic E-state index is 10.0. The highest BCUT2D eigenvalue weighted by atomic mass is 16.5. The molecule has 0 radical (unpaired) electrons. The summed E-state index contributed by atoms with van der Waals surface area (Å²) >= 11 is 0. The highest BCUT2D eigenvalue weighted by Gasteiger charge is 2.08. The quantitative estimate of drug-likeness (QED) is 0.758. The van der Waals surface area contributed by atoms with Gasteiger partial charge >= 0.3 is 0 Å². The molecule has 2 N–H and O–H groups in total. The van der Waals surface area contributed by atoms with E-state index in [-0.39, 0.29) is 0 Å². The maximum Gasteiger partial charge on any atom is 0.0929 e. The third kappa shape index (κ3) is 3.26. The average molecular weight is 246 g/mol. The van der Waals surface area contributed by atoms with Crippen LogP contribution in [0.25, 0.3) is 10.9 Å². The number of rotatable bonds is 6. The van der Waals surface area contributed by atoms with Crippen molar-refractivity contribution in [2.24, 2.45) is 0 Å². The number of hydrogen-bond acceptors (Lipinski definition) is 4. The van der Waals surface area contributed by atoms with Crippen molar-refractivity contribution in [3.8, 4) is 0 Å². The first kappa shape index (κ1) is 13.0. The van der Waals surface area contributed by atoms with Crippen molar-refractivity contribution >= 4 is 10.9 Å². The number of pyridine rings is 1. The standard InChI is InChI=1S/C14H18N2O2/c1-18-7-6-15-10-14(17)12-8-11-4-2-3-5-13(11)16-9-12/h2-5,8-9,14-15,17H,6-7,10H2,1H3. The molecule has 0 aliphatic rings. The zero-order valence-corrected chi connectivity index (χ0v) is 10.5. The Morgan fingerprint density at radius 1 is 1.39 bits per heavy atom. The first-order valence-electron chi connectivity index (χ1n) is 6.03. The summed E-state index contributed by atoms with van der Waals surface area (Å²) in [4.78, 5) is 4.33. The summed E-state index contributed by atoms with van der Waals surface area (Å²) < 4.78 is 4.93. The van der Waals surface area contributed by atoms with Crippen LogP contribution in [0, 0.1) is 0 Å². The molecule has 2 aromatic rings. The lowest BCUT2D eigenvalue weighted by molar-refractivity contribution is 0.161. The van der Waals surface area contributed by atoms with E-state index >= 15 is 0 Å². The van der Waals surface area contributed by atoms with Gasteiger partial charge in [0.1, 0.15) is 0 Å². The number of aliphatic hydroxyl groups is 1. The number of hydrogen-bond donors (Lipinski definition) is 2. The molecule has 18 heavy (non-hydrogen) atoms. The molecule has 0 spiro atoms. The highest BCUT2D eigenvalue weighted by molar-refractivity contribution is 5.78. The fourth-order valence-corrected chi connectivity index (χ4v) is 1.80. The van der Waals surface area contributed by atoms with Crippen molar-refractivity contribution in [2.45, 2.75) is 6.10 Å². The molecule has 0 aliphatic carbocycles. The molecular weight excluding hydrogens is 228 g/mol. The van der Waals surface area contributed by atoms with Crippen LogP contribution in [-0.4, -0.2) is 36.9 Å². The Kier molecular flexibility index (Phi) is 4.64. The van der Waals surface area contributed by atoms with Crippen LogP contribution in [0.15, 0.2) is 36.5 Å². The van der Waals surface area contributed by atoms with E-state index in [0.29, 0.717) is 13.2 Å². The Morgan fingerprint density at radius 2 is 2.22 bits per heavy atom. The largest absolute Gasteiger partial charge is 0.387 e. The van der Waals surface area contributed by atoms with Crippen molar-refractivity contribution in [1.82, 2.24) is 10.3 Å². The summed E-state index contributed by atoms with van der Waals surface area (Å²) in [6, 6.07) is 9.86. The van der Waals surface area contributed by atoms with E-state index in [9.17, 15) is 5.11 Å². The number of para-hydroxylation sites is 1. The van der Waals surface area contributed by atoms with Crippen LogP contribution in [0.4, 0.5) is 0 Å². The van der Waals surface area contributed by atoms with Crippen LogP contribution in [0.2, 0.25) is 0 Å². The molecule has 0 amide bonds. The summed E-state index contributed by atoms with van der Waals surface area (Å²) in [5, 5.41) is 14.2. The molecular formula is C14H18N2O2. The van der Waals surface area contributed by atoms with E-state index in [0.717, 1.165) is 23.0 Å². The van der Waals surface area contributed by atoms with E-state index in [1.165, 1.54) is 0 Å². The zero-order chi connectivity index (χ0) is 12.8. The fourth-order valence-electron chi connectivity index (χ4n) is 1.80. The molecule has 4 nitrogen and oxygen atoms in total. The van der Waals surface area contributed by atoms with Gasteiger partial charge < -0.3 is 15.2 Å². The molecule has 1 unspecified atom stereocenters. The van der Waals surface area contributed by atoms with Gasteiger partial charge in [0.15, 0.2) is 0 Å². The zero-order valence-electron chi connectivity index (χ0n) is 10.5. The molecule has 0 saturated carbocycles. The second kappa shape index (κ2) is 6.44. The van der Waals surface area contributed by atoms with Gasteiger partial charge in [0.25, 0.3) is 0 Å². The van der Waals surface area contributed by atoms with Crippen molar-refractivity contribution in [2.75, 3.05) is 26.8 Å². The summed E-state index contributed by atoms with van der Waals surface area (Å²) in [6.45, 7) is 1.88. The summed E-state index contributed by atoms with van der Waals surface area (Å²) in [7, 11) is 1.66. The van der Waals surface area contributed by atoms with Crippen molar-refractivity contribution in [1.29, 1.82) is 0 Å². The van der Waals surface area contributed by atoms with Gasteiger partial charge in [-0.1, -0.05) is 18.2 Å². The summed E-state index contributed by atoms with van der Waals surface area (Å²) in [6.07, 6.45) is 1.18. The highest BCUT2D eigenvalue weighted by Crippen LogP contribution is 2.17. The molecule has 1 aromatic heterocycles. The Bertz CT molecular complexity index is 502. The topological polar surface area (TPSA) is 54.4 Å². The summed E-state index contributed by atoms with van der Waals surface area (Å²) in [5.41, 5.74) is 1.78. The van der Waals surface area contributed by atoms with Crippen molar-refractivity contribution in [3.05, 3.63) is 42.1 Å². The van der Waals surface area contributed by atoms with Gasteiger partial charge in [-0.25, -0.2) is 0 Å². The number of nitrogens with zero attached hydrogens (tertiary/aromatic N) is 1. The fraction of sp³-hybridized carbons (Fsp3) is 0.357. The SMILES string of the molecule is COCCNCC(O)c1cnc2ccccc2c1. The van der Waals surface area contributed by atoms with Gasteiger partial charge in [-0.3, -0.25) is 4.98 Å². The third-order valence-electron chi connectivity index (χ3n) is 2.82. The summed E-state index contributed by atoms with van der Waals surface area (Å²) in [5.74, 6) is 0. The molecule has 0 aliphatic heterocycles. The lowest BCUT2D eigenvalue weighted by Crippen LogP contribution is -2.25. The first-order chi connectivity index (χ1) is 8.81. The molecule has 0 saturated heterocycles. The monoisotopic (exact) mass is 246 g/mol. The normalized spacial score (nSPS) is 12.8. The number of nitrogens with one attached hydrogen (secondary N) is 1. The molecule has 1 heterocycles. The molecule has 1 aromatic carbocycles. The van der Waals surface area contributed by atoms with Crippen molar-refractivity contribution < 1.29 is 9.84 Å². The maximum atomic E-state index is 10.0. The lowest BCUT2D eigenvalue weighted by atomic mass is 10.1. The predicted molar refractivity (Wildman–Crippen MR) is 71.4 cm³/mol. The van der Waals surface area contributed by atoms with Crippen LogP contribution >= 0.6 is 0 Å². The Labute approximate surface area is 107 Å². The van der Waals surface area contributed by atoms with E-state index in [1.807, 2.05) is 30.3 Å². The van der Waals surface area contributed by atoms with Gasteiger partial charge in [-0.05, 0) is 12.1 Å². The average Bonchev–Trinajstić information content (AvgIpc) is 2.43. The van der Waals surface area contributed by atoms with E-state index in [1.54, 1.807) is 13.3 Å². The van der Waals surface area contributed by atoms with Crippen LogP contribution in [0.3, 0.4) is 0 Å². The Balaban J connectivity index is 2.01. The van der Waals surface area contributed by atoms with Crippen LogP contribution in [0.1, 0.15) is 11.7 Å². The minimum Gasteiger partial charge on any atom is -0.387 e. The van der Waals surface area contributed by atoms with Crippen LogP contribution < -0.4 is 5.32 Å². The molecule has 0 fully saturated rings. The molecule has 0 bridgehead atoms. The van der Waals surface area contributed by atoms with Crippen LogP contribution in [0.5, 0.6) is 0 Å². The number of ether oxygens (including phenoxy) is 1. The second-order valence-corrected chi connectivity index (χ2v) is 4.17. The van der Waals surface area contributed by atoms with E-state index in [4.69, 9.17) is 4.74 Å². The number of aromatic nitrogens is 1. The van der Waals surface area contributed by atoms with Gasteiger partial charge in [-0.15, -0.1) is 0 Å². The first-order valence-corrected chi connectivity index (χ1v) is 6.03. The smallest absolute Gasteiger partial charge is 0.0929 e. The van der Waals surface area contributed by atoms with E-state index < -0.39 is 6.10 Å². The van der Waals surface area contributed by atoms with Crippen LogP contribution in [-0.2, 0) is 4.74 Å².